The molecule has 0 unspecified atom stereocenters. The van der Waals surface area contributed by atoms with Crippen molar-refractivity contribution in [1.29, 1.82) is 0 Å². The first-order valence-corrected chi connectivity index (χ1v) is 10.6. The Bertz CT molecular complexity index is 924. The number of ether oxygens (including phenoxy) is 2. The predicted molar refractivity (Wildman–Crippen MR) is 114 cm³/mol. The third-order valence-electron chi connectivity index (χ3n) is 6.28. The van der Waals surface area contributed by atoms with E-state index in [4.69, 9.17) is 15.9 Å². The average molecular weight is 410 g/mol. The van der Waals surface area contributed by atoms with Crippen LogP contribution in [0.4, 0.5) is 4.39 Å². The van der Waals surface area contributed by atoms with Gasteiger partial charge in [0.15, 0.2) is 11.5 Å². The Morgan fingerprint density at radius 2 is 1.87 bits per heavy atom. The third-order valence-corrected chi connectivity index (χ3v) is 6.28. The number of nitrogens with zero attached hydrogens (tertiary/aromatic N) is 1. The van der Waals surface area contributed by atoms with Crippen LogP contribution in [0.25, 0.3) is 0 Å². The topological polar surface area (TPSA) is 41.9 Å². The van der Waals surface area contributed by atoms with Crippen LogP contribution in [0.5, 0.6) is 11.5 Å². The minimum Gasteiger partial charge on any atom is -0.490 e. The maximum Gasteiger partial charge on any atom is 0.162 e. The van der Waals surface area contributed by atoms with Crippen molar-refractivity contribution in [3.8, 4) is 23.8 Å². The van der Waals surface area contributed by atoms with Crippen molar-refractivity contribution >= 4 is 0 Å². The van der Waals surface area contributed by atoms with Gasteiger partial charge in [-0.2, -0.15) is 0 Å². The van der Waals surface area contributed by atoms with E-state index in [1.165, 1.54) is 6.07 Å². The predicted octanol–water partition coefficient (Wildman–Crippen LogP) is 4.25. The van der Waals surface area contributed by atoms with Gasteiger partial charge in [-0.25, -0.2) is 4.39 Å². The lowest BCUT2D eigenvalue weighted by atomic mass is 9.80. The minimum atomic E-state index is -1.10. The number of halogens is 1. The van der Waals surface area contributed by atoms with Crippen LogP contribution in [0, 0.1) is 18.2 Å². The highest BCUT2D eigenvalue weighted by molar-refractivity contribution is 5.43. The van der Waals surface area contributed by atoms with Crippen LogP contribution in [0.1, 0.15) is 43.7 Å². The zero-order valence-corrected chi connectivity index (χ0v) is 17.3. The molecule has 0 saturated carbocycles. The van der Waals surface area contributed by atoms with E-state index in [9.17, 15) is 9.50 Å². The summed E-state index contributed by atoms with van der Waals surface area (Å²) in [5.74, 6) is 3.49. The third kappa shape index (κ3) is 4.03. The molecule has 2 aliphatic heterocycles. The van der Waals surface area contributed by atoms with Crippen LogP contribution in [0.15, 0.2) is 42.5 Å². The van der Waals surface area contributed by atoms with Crippen LogP contribution < -0.4 is 9.47 Å². The molecule has 0 amide bonds. The molecule has 0 aromatic heterocycles. The van der Waals surface area contributed by atoms with E-state index in [0.29, 0.717) is 36.5 Å². The highest BCUT2D eigenvalue weighted by atomic mass is 19.1. The molecule has 0 radical (unpaired) electrons. The Hall–Kier alpha value is -2.55. The summed E-state index contributed by atoms with van der Waals surface area (Å²) in [6, 6.07) is 13.0. The highest BCUT2D eigenvalue weighted by Crippen LogP contribution is 2.47. The molecule has 5 heteroatoms. The number of benzene rings is 2. The molecule has 2 atom stereocenters. The van der Waals surface area contributed by atoms with E-state index in [2.05, 4.69) is 10.8 Å². The fraction of sp³-hybridized carbons (Fsp3) is 0.440. The van der Waals surface area contributed by atoms with Crippen molar-refractivity contribution in [1.82, 2.24) is 4.90 Å². The number of fused-ring (bicyclic) bond motifs is 2. The maximum absolute atomic E-state index is 14.4. The molecule has 2 aromatic rings. The van der Waals surface area contributed by atoms with Crippen molar-refractivity contribution in [3.05, 3.63) is 59.4 Å². The molecule has 1 N–H and O–H groups in total. The molecule has 4 nitrogen and oxygen atoms in total. The second-order valence-corrected chi connectivity index (χ2v) is 8.18. The van der Waals surface area contributed by atoms with Crippen LogP contribution in [0.2, 0.25) is 0 Å². The van der Waals surface area contributed by atoms with E-state index < -0.39 is 5.60 Å². The second-order valence-electron chi connectivity index (χ2n) is 8.18. The summed E-state index contributed by atoms with van der Waals surface area (Å²) in [5, 5.41) is 11.3. The largest absolute Gasteiger partial charge is 0.490 e. The van der Waals surface area contributed by atoms with Gasteiger partial charge in [-0.1, -0.05) is 30.2 Å². The van der Waals surface area contributed by atoms with E-state index >= 15 is 0 Å². The van der Waals surface area contributed by atoms with E-state index in [1.54, 1.807) is 18.2 Å². The molecular formula is C25H28FNO3. The summed E-state index contributed by atoms with van der Waals surface area (Å²) in [4.78, 5) is 2.45. The summed E-state index contributed by atoms with van der Waals surface area (Å²) in [6.07, 6.45) is 8.43. The summed E-state index contributed by atoms with van der Waals surface area (Å²) < 4.78 is 25.7. The van der Waals surface area contributed by atoms with Gasteiger partial charge in [0, 0.05) is 24.2 Å². The molecule has 158 valence electrons. The van der Waals surface area contributed by atoms with Gasteiger partial charge in [0.1, 0.15) is 12.4 Å². The van der Waals surface area contributed by atoms with Gasteiger partial charge in [-0.15, -0.1) is 6.42 Å². The zero-order chi connectivity index (χ0) is 21.1. The Morgan fingerprint density at radius 3 is 2.53 bits per heavy atom. The van der Waals surface area contributed by atoms with E-state index in [1.807, 2.05) is 25.1 Å². The van der Waals surface area contributed by atoms with Gasteiger partial charge in [-0.05, 0) is 56.4 Å². The quantitative estimate of drug-likeness (QED) is 0.694. The lowest BCUT2D eigenvalue weighted by molar-refractivity contribution is -0.0615. The van der Waals surface area contributed by atoms with Gasteiger partial charge in [0.25, 0.3) is 0 Å². The molecule has 2 aromatic carbocycles. The fourth-order valence-corrected chi connectivity index (χ4v) is 5.00. The van der Waals surface area contributed by atoms with Gasteiger partial charge in [-0.3, -0.25) is 4.90 Å². The zero-order valence-electron chi connectivity index (χ0n) is 17.3. The number of rotatable bonds is 7. The monoisotopic (exact) mass is 409 g/mol. The number of hydrogen-bond acceptors (Lipinski definition) is 4. The maximum atomic E-state index is 14.4. The normalized spacial score (nSPS) is 25.7. The molecule has 0 spiro atoms. The summed E-state index contributed by atoms with van der Waals surface area (Å²) >= 11 is 0. The Kier molecular flexibility index (Phi) is 5.99. The fourth-order valence-electron chi connectivity index (χ4n) is 5.00. The van der Waals surface area contributed by atoms with Crippen molar-refractivity contribution in [2.24, 2.45) is 0 Å². The van der Waals surface area contributed by atoms with Gasteiger partial charge in [0.2, 0.25) is 0 Å². The van der Waals surface area contributed by atoms with Crippen LogP contribution >= 0.6 is 0 Å². The number of hydrogen-bond donors (Lipinski definition) is 1. The summed E-state index contributed by atoms with van der Waals surface area (Å²) in [7, 11) is 0. The van der Waals surface area contributed by atoms with E-state index in [-0.39, 0.29) is 24.5 Å². The van der Waals surface area contributed by atoms with Gasteiger partial charge >= 0.3 is 0 Å². The molecule has 4 rings (SSSR count). The number of piperidine rings is 1. The summed E-state index contributed by atoms with van der Waals surface area (Å²) in [5.41, 5.74) is 0.451. The Labute approximate surface area is 177 Å². The second kappa shape index (κ2) is 8.67. The van der Waals surface area contributed by atoms with Crippen molar-refractivity contribution in [2.45, 2.75) is 56.8 Å². The Morgan fingerprint density at radius 1 is 1.13 bits per heavy atom. The van der Waals surface area contributed by atoms with Gasteiger partial charge < -0.3 is 14.6 Å². The molecule has 30 heavy (non-hydrogen) atoms. The van der Waals surface area contributed by atoms with Crippen LogP contribution in [0.3, 0.4) is 0 Å². The molecule has 2 fully saturated rings. The van der Waals surface area contributed by atoms with Crippen LogP contribution in [-0.4, -0.2) is 35.3 Å². The molecule has 2 bridgehead atoms. The van der Waals surface area contributed by atoms with E-state index in [0.717, 1.165) is 24.9 Å². The average Bonchev–Trinajstić information content (AvgIpc) is 2.97. The Balaban J connectivity index is 1.51. The van der Waals surface area contributed by atoms with Crippen LogP contribution in [-0.2, 0) is 12.1 Å². The SMILES string of the molecule is C#CCOc1ccc(CN2[C@H]3CC[C@H]2CC(O)(c2ccccc2F)C3)cc1OCC. The first kappa shape index (κ1) is 20.7. The standard InChI is InChI=1S/C25H28FNO3/c1-3-13-30-23-12-9-18(14-24(23)29-4-2)17-27-19-10-11-20(27)16-25(28,15-19)21-7-5-6-8-22(21)26/h1,5-9,12,14,19-20,28H,4,10-11,13,15-17H2,2H3/t19-,20-/m0/s1. The van der Waals surface area contributed by atoms with Gasteiger partial charge in [0.05, 0.1) is 12.2 Å². The first-order chi connectivity index (χ1) is 14.5. The smallest absolute Gasteiger partial charge is 0.162 e. The lowest BCUT2D eigenvalue weighted by Gasteiger charge is -2.44. The minimum absolute atomic E-state index is 0.199. The van der Waals surface area contributed by atoms with Crippen molar-refractivity contribution < 1.29 is 19.0 Å². The lowest BCUT2D eigenvalue weighted by Crippen LogP contribution is -2.49. The first-order valence-electron chi connectivity index (χ1n) is 10.6. The van der Waals surface area contributed by atoms with Crippen molar-refractivity contribution in [3.63, 3.8) is 0 Å². The summed E-state index contributed by atoms with van der Waals surface area (Å²) in [6.45, 7) is 3.44. The molecule has 0 aliphatic carbocycles. The number of aliphatic hydroxyl groups is 1. The molecule has 2 aliphatic rings. The highest BCUT2D eigenvalue weighted by Gasteiger charge is 2.48. The van der Waals surface area contributed by atoms with Crippen molar-refractivity contribution in [2.75, 3.05) is 13.2 Å². The molecular weight excluding hydrogens is 381 g/mol. The molecule has 2 saturated heterocycles. The molecule has 2 heterocycles. The number of terminal acetylenes is 1.